The van der Waals surface area contributed by atoms with E-state index in [1.807, 2.05) is 12.1 Å². The van der Waals surface area contributed by atoms with Crippen molar-refractivity contribution >= 4 is 34.4 Å². The molecule has 1 aliphatic heterocycles. The number of halogens is 1. The molecule has 0 radical (unpaired) electrons. The van der Waals surface area contributed by atoms with Crippen LogP contribution in [0.1, 0.15) is 22.4 Å². The van der Waals surface area contributed by atoms with Gasteiger partial charge in [-0.2, -0.15) is 5.10 Å². The number of aryl methyl sites for hydroxylation is 2. The van der Waals surface area contributed by atoms with Crippen molar-refractivity contribution in [1.82, 2.24) is 25.1 Å². The number of amides is 2. The molecule has 0 saturated heterocycles. The Kier molecular flexibility index (Phi) is 4.47. The fraction of sp³-hybridized carbons (Fsp3) is 0.227. The van der Waals surface area contributed by atoms with Crippen LogP contribution in [0.2, 0.25) is 5.02 Å². The average molecular weight is 421 g/mol. The van der Waals surface area contributed by atoms with E-state index in [4.69, 9.17) is 16.6 Å². The van der Waals surface area contributed by atoms with Crippen molar-refractivity contribution in [1.29, 1.82) is 0 Å². The molecular weight excluding hydrogens is 400 g/mol. The minimum Gasteiger partial charge on any atom is -0.337 e. The minimum atomic E-state index is -0.181. The maximum Gasteiger partial charge on any atom is 0.322 e. The summed E-state index contributed by atoms with van der Waals surface area (Å²) in [5.74, 6) is 0.751. The molecule has 30 heavy (non-hydrogen) atoms. The summed E-state index contributed by atoms with van der Waals surface area (Å²) >= 11 is 6.15. The Labute approximate surface area is 178 Å². The molecule has 2 amide bonds. The zero-order valence-electron chi connectivity index (χ0n) is 16.7. The van der Waals surface area contributed by atoms with Crippen molar-refractivity contribution in [3.63, 3.8) is 0 Å². The molecule has 3 heterocycles. The largest absolute Gasteiger partial charge is 0.337 e. The van der Waals surface area contributed by atoms with Gasteiger partial charge < -0.3 is 15.2 Å². The lowest BCUT2D eigenvalue weighted by molar-refractivity contribution is 0.205. The van der Waals surface area contributed by atoms with Crippen molar-refractivity contribution in [2.24, 2.45) is 0 Å². The minimum absolute atomic E-state index is 0.181. The van der Waals surface area contributed by atoms with Gasteiger partial charge in [0.15, 0.2) is 5.82 Å². The van der Waals surface area contributed by atoms with E-state index in [0.29, 0.717) is 30.2 Å². The fourth-order valence-electron chi connectivity index (χ4n) is 3.83. The molecule has 4 aromatic rings. The molecule has 2 aromatic carbocycles. The second-order valence-corrected chi connectivity index (χ2v) is 8.06. The Morgan fingerprint density at radius 2 is 2.00 bits per heavy atom. The van der Waals surface area contributed by atoms with Gasteiger partial charge in [0.1, 0.15) is 5.69 Å². The van der Waals surface area contributed by atoms with Gasteiger partial charge in [-0.25, -0.2) is 9.78 Å². The number of fused-ring (bicyclic) bond motifs is 2. The number of carbonyl (C=O) groups excluding carboxylic acids is 1. The van der Waals surface area contributed by atoms with Gasteiger partial charge in [0.25, 0.3) is 0 Å². The van der Waals surface area contributed by atoms with Crippen LogP contribution in [0.15, 0.2) is 36.4 Å². The highest BCUT2D eigenvalue weighted by atomic mass is 35.5. The SMILES string of the molecule is Cc1cc2nc(-c3n[nH]c4c3CCN(C(=O)Nc3ccccc3Cl)C4)[nH]c2cc1C. The number of rotatable bonds is 2. The second-order valence-electron chi connectivity index (χ2n) is 7.65. The van der Waals surface area contributed by atoms with Gasteiger partial charge in [-0.15, -0.1) is 0 Å². The zero-order chi connectivity index (χ0) is 20.8. The molecule has 2 aromatic heterocycles. The molecule has 152 valence electrons. The molecule has 8 heteroatoms. The van der Waals surface area contributed by atoms with Gasteiger partial charge in [0.2, 0.25) is 0 Å². The first-order valence-corrected chi connectivity index (χ1v) is 10.2. The highest BCUT2D eigenvalue weighted by Gasteiger charge is 2.27. The second kappa shape index (κ2) is 7.18. The normalized spacial score (nSPS) is 13.5. The molecule has 0 atom stereocenters. The number of anilines is 1. The smallest absolute Gasteiger partial charge is 0.322 e. The third-order valence-corrected chi connectivity index (χ3v) is 5.99. The number of carbonyl (C=O) groups is 1. The Morgan fingerprint density at radius 1 is 1.20 bits per heavy atom. The number of aromatic amines is 2. The van der Waals surface area contributed by atoms with Gasteiger partial charge in [0, 0.05) is 12.1 Å². The Bertz CT molecular complexity index is 1240. The summed E-state index contributed by atoms with van der Waals surface area (Å²) in [5.41, 5.74) is 7.83. The molecule has 7 nitrogen and oxygen atoms in total. The van der Waals surface area contributed by atoms with Crippen molar-refractivity contribution in [2.75, 3.05) is 11.9 Å². The number of urea groups is 1. The highest BCUT2D eigenvalue weighted by molar-refractivity contribution is 6.33. The highest BCUT2D eigenvalue weighted by Crippen LogP contribution is 2.29. The van der Waals surface area contributed by atoms with Crippen molar-refractivity contribution in [3.8, 4) is 11.5 Å². The van der Waals surface area contributed by atoms with Gasteiger partial charge in [0.05, 0.1) is 34.0 Å². The summed E-state index contributed by atoms with van der Waals surface area (Å²) in [6.45, 7) is 5.22. The third kappa shape index (κ3) is 3.21. The monoisotopic (exact) mass is 420 g/mol. The number of H-pyrrole nitrogens is 2. The maximum absolute atomic E-state index is 12.7. The lowest BCUT2D eigenvalue weighted by Gasteiger charge is -2.27. The molecule has 5 rings (SSSR count). The number of imidazole rings is 1. The number of aromatic nitrogens is 4. The topological polar surface area (TPSA) is 89.7 Å². The maximum atomic E-state index is 12.7. The molecule has 0 fully saturated rings. The molecule has 0 bridgehead atoms. The molecule has 0 saturated carbocycles. The molecule has 3 N–H and O–H groups in total. The first-order chi connectivity index (χ1) is 14.5. The number of hydrogen-bond donors (Lipinski definition) is 3. The summed E-state index contributed by atoms with van der Waals surface area (Å²) in [5, 5.41) is 11.0. The van der Waals surface area contributed by atoms with Crippen LogP contribution in [0, 0.1) is 13.8 Å². The number of nitrogens with one attached hydrogen (secondary N) is 3. The van der Waals surface area contributed by atoms with Gasteiger partial charge in [-0.3, -0.25) is 5.10 Å². The van der Waals surface area contributed by atoms with Crippen LogP contribution in [-0.4, -0.2) is 37.6 Å². The standard InChI is InChI=1S/C22H21ClN6O/c1-12-9-17-18(10-13(12)2)25-21(24-17)20-14-7-8-29(11-19(14)27-28-20)22(30)26-16-6-4-3-5-15(16)23/h3-6,9-10H,7-8,11H2,1-2H3,(H,24,25)(H,26,30)(H,27,28). The van der Waals surface area contributed by atoms with E-state index in [-0.39, 0.29) is 6.03 Å². The van der Waals surface area contributed by atoms with E-state index >= 15 is 0 Å². The molecule has 0 unspecified atom stereocenters. The van der Waals surface area contributed by atoms with Crippen molar-refractivity contribution in [3.05, 3.63) is 63.8 Å². The Morgan fingerprint density at radius 3 is 2.83 bits per heavy atom. The number of para-hydroxylation sites is 1. The van der Waals surface area contributed by atoms with Crippen LogP contribution >= 0.6 is 11.6 Å². The quantitative estimate of drug-likeness (QED) is 0.434. The lowest BCUT2D eigenvalue weighted by Crippen LogP contribution is -2.38. The van der Waals surface area contributed by atoms with Crippen LogP contribution in [0.4, 0.5) is 10.5 Å². The summed E-state index contributed by atoms with van der Waals surface area (Å²) in [6.07, 6.45) is 0.701. The molecule has 1 aliphatic rings. The summed E-state index contributed by atoms with van der Waals surface area (Å²) in [7, 11) is 0. The van der Waals surface area contributed by atoms with Crippen LogP contribution in [0.3, 0.4) is 0 Å². The average Bonchev–Trinajstić information content (AvgIpc) is 3.33. The van der Waals surface area contributed by atoms with Crippen LogP contribution < -0.4 is 5.32 Å². The van der Waals surface area contributed by atoms with Gasteiger partial charge in [-0.1, -0.05) is 23.7 Å². The van der Waals surface area contributed by atoms with Crippen molar-refractivity contribution < 1.29 is 4.79 Å². The van der Waals surface area contributed by atoms with Gasteiger partial charge in [-0.05, 0) is 55.7 Å². The zero-order valence-corrected chi connectivity index (χ0v) is 17.5. The predicted octanol–water partition coefficient (Wildman–Crippen LogP) is 4.81. The predicted molar refractivity (Wildman–Crippen MR) is 118 cm³/mol. The lowest BCUT2D eigenvalue weighted by atomic mass is 10.0. The van der Waals surface area contributed by atoms with E-state index in [1.54, 1.807) is 17.0 Å². The Hall–Kier alpha value is -3.32. The first-order valence-electron chi connectivity index (χ1n) is 9.83. The summed E-state index contributed by atoms with van der Waals surface area (Å²) in [6, 6.07) is 11.2. The number of benzene rings is 2. The van der Waals surface area contributed by atoms with Crippen LogP contribution in [0.25, 0.3) is 22.6 Å². The number of hydrogen-bond acceptors (Lipinski definition) is 3. The van der Waals surface area contributed by atoms with E-state index in [2.05, 4.69) is 46.5 Å². The third-order valence-electron chi connectivity index (χ3n) is 5.66. The van der Waals surface area contributed by atoms with E-state index in [0.717, 1.165) is 33.8 Å². The fourth-order valence-corrected chi connectivity index (χ4v) is 4.01. The van der Waals surface area contributed by atoms with Gasteiger partial charge >= 0.3 is 6.03 Å². The summed E-state index contributed by atoms with van der Waals surface area (Å²) in [4.78, 5) is 22.6. The van der Waals surface area contributed by atoms with E-state index in [9.17, 15) is 4.79 Å². The van der Waals surface area contributed by atoms with Crippen LogP contribution in [-0.2, 0) is 13.0 Å². The molecule has 0 spiro atoms. The van der Waals surface area contributed by atoms with E-state index < -0.39 is 0 Å². The van der Waals surface area contributed by atoms with Crippen molar-refractivity contribution in [2.45, 2.75) is 26.8 Å². The number of nitrogens with zero attached hydrogens (tertiary/aromatic N) is 3. The molecular formula is C22H21ClN6O. The first kappa shape index (κ1) is 18.7. The Balaban J connectivity index is 1.38. The molecule has 0 aliphatic carbocycles. The van der Waals surface area contributed by atoms with E-state index in [1.165, 1.54) is 11.1 Å². The van der Waals surface area contributed by atoms with Crippen LogP contribution in [0.5, 0.6) is 0 Å². The summed E-state index contributed by atoms with van der Waals surface area (Å²) < 4.78 is 0.